The van der Waals surface area contributed by atoms with Gasteiger partial charge in [0.2, 0.25) is 0 Å². The van der Waals surface area contributed by atoms with E-state index in [4.69, 9.17) is 4.74 Å². The smallest absolute Gasteiger partial charge is 0.256 e. The van der Waals surface area contributed by atoms with Crippen LogP contribution < -0.4 is 15.4 Å². The van der Waals surface area contributed by atoms with E-state index in [0.29, 0.717) is 0 Å². The minimum Gasteiger partial charge on any atom is -0.497 e. The molecule has 1 aromatic carbocycles. The number of hydrogen-bond acceptors (Lipinski definition) is 4. The zero-order valence-corrected chi connectivity index (χ0v) is 14.8. The Bertz CT molecular complexity index is 784. The second-order valence-electron chi connectivity index (χ2n) is 6.55. The maximum Gasteiger partial charge on any atom is 0.256 e. The van der Waals surface area contributed by atoms with Crippen LogP contribution in [-0.4, -0.2) is 13.0 Å². The van der Waals surface area contributed by atoms with E-state index in [2.05, 4.69) is 17.6 Å². The van der Waals surface area contributed by atoms with E-state index >= 15 is 0 Å². The predicted octanol–water partition coefficient (Wildman–Crippen LogP) is 4.13. The van der Waals surface area contributed by atoms with Gasteiger partial charge >= 0.3 is 0 Å². The SMILES string of the molecule is CC[C@H]1CCc2c(sc3c2C(=O)N[C@H](c2cccc(OC)c2)N3)C1. The van der Waals surface area contributed by atoms with Crippen LogP contribution in [0.1, 0.15) is 52.3 Å². The standard InChI is InChI=1S/C19H22N2O2S/c1-3-11-7-8-14-15(9-11)24-19-16(14)18(22)20-17(21-19)12-5-4-6-13(10-12)23-2/h4-6,10-11,17,21H,3,7-9H2,1-2H3,(H,20,22)/t11-,17-/m0/s1. The summed E-state index contributed by atoms with van der Waals surface area (Å²) in [6.07, 6.45) is 4.34. The minimum absolute atomic E-state index is 0.0454. The Morgan fingerprint density at radius 1 is 1.33 bits per heavy atom. The molecule has 4 nitrogen and oxygen atoms in total. The van der Waals surface area contributed by atoms with E-state index in [1.54, 1.807) is 18.4 Å². The van der Waals surface area contributed by atoms with Gasteiger partial charge in [-0.05, 0) is 48.4 Å². The van der Waals surface area contributed by atoms with Crippen molar-refractivity contribution < 1.29 is 9.53 Å². The molecule has 0 bridgehead atoms. The first-order valence-electron chi connectivity index (χ1n) is 8.55. The molecule has 0 unspecified atom stereocenters. The Morgan fingerprint density at radius 3 is 3.00 bits per heavy atom. The molecular formula is C19H22N2O2S. The molecule has 2 aliphatic rings. The van der Waals surface area contributed by atoms with Crippen LogP contribution >= 0.6 is 11.3 Å². The largest absolute Gasteiger partial charge is 0.497 e. The van der Waals surface area contributed by atoms with Crippen LogP contribution in [0.3, 0.4) is 0 Å². The van der Waals surface area contributed by atoms with Crippen LogP contribution in [0.2, 0.25) is 0 Å². The van der Waals surface area contributed by atoms with Gasteiger partial charge in [-0.2, -0.15) is 0 Å². The normalized spacial score (nSPS) is 22.2. The molecule has 0 radical (unpaired) electrons. The number of benzene rings is 1. The highest BCUT2D eigenvalue weighted by Gasteiger charge is 2.33. The summed E-state index contributed by atoms with van der Waals surface area (Å²) in [5.41, 5.74) is 3.16. The van der Waals surface area contributed by atoms with Crippen molar-refractivity contribution in [3.05, 3.63) is 45.8 Å². The Kier molecular flexibility index (Phi) is 3.96. The Labute approximate surface area is 146 Å². The van der Waals surface area contributed by atoms with Gasteiger partial charge in [-0.15, -0.1) is 11.3 Å². The van der Waals surface area contributed by atoms with Crippen molar-refractivity contribution >= 4 is 22.2 Å². The first-order valence-corrected chi connectivity index (χ1v) is 9.37. The lowest BCUT2D eigenvalue weighted by atomic mass is 9.85. The molecule has 1 aliphatic carbocycles. The fraction of sp³-hybridized carbons (Fsp3) is 0.421. The molecule has 1 aromatic heterocycles. The molecule has 2 aromatic rings. The third-order valence-corrected chi connectivity index (χ3v) is 6.34. The molecule has 0 saturated carbocycles. The van der Waals surface area contributed by atoms with Crippen molar-refractivity contribution in [2.45, 2.75) is 38.8 Å². The number of carbonyl (C=O) groups excluding carboxylic acids is 1. The van der Waals surface area contributed by atoms with Crippen LogP contribution in [-0.2, 0) is 12.8 Å². The van der Waals surface area contributed by atoms with Gasteiger partial charge in [0.05, 0.1) is 12.7 Å². The highest BCUT2D eigenvalue weighted by Crippen LogP contribution is 2.43. The van der Waals surface area contributed by atoms with E-state index in [-0.39, 0.29) is 12.1 Å². The average Bonchev–Trinajstić information content (AvgIpc) is 2.99. The minimum atomic E-state index is -0.206. The van der Waals surface area contributed by atoms with Crippen LogP contribution in [0.15, 0.2) is 24.3 Å². The quantitative estimate of drug-likeness (QED) is 0.882. The van der Waals surface area contributed by atoms with E-state index in [1.807, 2.05) is 24.3 Å². The highest BCUT2D eigenvalue weighted by atomic mass is 32.1. The van der Waals surface area contributed by atoms with Gasteiger partial charge in [-0.25, -0.2) is 0 Å². The zero-order chi connectivity index (χ0) is 16.7. The van der Waals surface area contributed by atoms with Crippen LogP contribution in [0.4, 0.5) is 5.00 Å². The van der Waals surface area contributed by atoms with Crippen molar-refractivity contribution in [3.63, 3.8) is 0 Å². The van der Waals surface area contributed by atoms with E-state index in [9.17, 15) is 4.79 Å². The lowest BCUT2D eigenvalue weighted by Crippen LogP contribution is -2.38. The molecule has 1 amide bonds. The zero-order valence-electron chi connectivity index (χ0n) is 14.0. The Hall–Kier alpha value is -2.01. The molecule has 0 spiro atoms. The number of amides is 1. The molecular weight excluding hydrogens is 320 g/mol. The van der Waals surface area contributed by atoms with E-state index in [0.717, 1.165) is 40.6 Å². The molecule has 1 aliphatic heterocycles. The number of thiophene rings is 1. The number of anilines is 1. The predicted molar refractivity (Wildman–Crippen MR) is 96.9 cm³/mol. The first kappa shape index (κ1) is 15.5. The van der Waals surface area contributed by atoms with Crippen molar-refractivity contribution in [1.29, 1.82) is 0 Å². The fourth-order valence-electron chi connectivity index (χ4n) is 3.70. The Morgan fingerprint density at radius 2 is 2.21 bits per heavy atom. The molecule has 2 N–H and O–H groups in total. The molecule has 126 valence electrons. The number of rotatable bonds is 3. The van der Waals surface area contributed by atoms with Crippen molar-refractivity contribution in [2.24, 2.45) is 5.92 Å². The highest BCUT2D eigenvalue weighted by molar-refractivity contribution is 7.16. The fourth-order valence-corrected chi connectivity index (χ4v) is 5.09. The summed E-state index contributed by atoms with van der Waals surface area (Å²) in [4.78, 5) is 14.1. The van der Waals surface area contributed by atoms with Crippen LogP contribution in [0, 0.1) is 5.92 Å². The number of nitrogens with one attached hydrogen (secondary N) is 2. The summed E-state index contributed by atoms with van der Waals surface area (Å²) in [6.45, 7) is 2.26. The molecule has 24 heavy (non-hydrogen) atoms. The van der Waals surface area contributed by atoms with Gasteiger partial charge in [0.25, 0.3) is 5.91 Å². The number of hydrogen-bond donors (Lipinski definition) is 2. The monoisotopic (exact) mass is 342 g/mol. The maximum atomic E-state index is 12.7. The Balaban J connectivity index is 1.66. The number of carbonyl (C=O) groups is 1. The van der Waals surface area contributed by atoms with Crippen molar-refractivity contribution in [1.82, 2.24) is 5.32 Å². The summed E-state index contributed by atoms with van der Waals surface area (Å²) >= 11 is 1.77. The lowest BCUT2D eigenvalue weighted by Gasteiger charge is -2.27. The number of methoxy groups -OCH3 is 1. The maximum absolute atomic E-state index is 12.7. The first-order chi connectivity index (χ1) is 11.7. The molecule has 0 saturated heterocycles. The topological polar surface area (TPSA) is 50.4 Å². The average molecular weight is 342 g/mol. The van der Waals surface area contributed by atoms with Gasteiger partial charge < -0.3 is 15.4 Å². The number of fused-ring (bicyclic) bond motifs is 3. The number of ether oxygens (including phenoxy) is 1. The molecule has 4 rings (SSSR count). The second-order valence-corrected chi connectivity index (χ2v) is 7.66. The van der Waals surface area contributed by atoms with Gasteiger partial charge in [0.15, 0.2) is 0 Å². The second kappa shape index (κ2) is 6.13. The summed E-state index contributed by atoms with van der Waals surface area (Å²) in [5, 5.41) is 7.64. The molecule has 2 heterocycles. The van der Waals surface area contributed by atoms with Crippen LogP contribution in [0.5, 0.6) is 5.75 Å². The van der Waals surface area contributed by atoms with Gasteiger partial charge in [-0.3, -0.25) is 4.79 Å². The van der Waals surface area contributed by atoms with Crippen molar-refractivity contribution in [2.75, 3.05) is 12.4 Å². The summed E-state index contributed by atoms with van der Waals surface area (Å²) in [5.74, 6) is 1.60. The molecule has 2 atom stereocenters. The molecule has 5 heteroatoms. The lowest BCUT2D eigenvalue weighted by molar-refractivity contribution is 0.0935. The van der Waals surface area contributed by atoms with Gasteiger partial charge in [0.1, 0.15) is 16.9 Å². The third-order valence-electron chi connectivity index (χ3n) is 5.15. The van der Waals surface area contributed by atoms with Crippen molar-refractivity contribution in [3.8, 4) is 5.75 Å². The van der Waals surface area contributed by atoms with Gasteiger partial charge in [-0.1, -0.05) is 25.5 Å². The summed E-state index contributed by atoms with van der Waals surface area (Å²) in [7, 11) is 1.65. The molecule has 0 fully saturated rings. The van der Waals surface area contributed by atoms with E-state index in [1.165, 1.54) is 23.3 Å². The van der Waals surface area contributed by atoms with Crippen LogP contribution in [0.25, 0.3) is 0 Å². The summed E-state index contributed by atoms with van der Waals surface area (Å²) < 4.78 is 5.29. The summed E-state index contributed by atoms with van der Waals surface area (Å²) in [6, 6.07) is 7.83. The van der Waals surface area contributed by atoms with Gasteiger partial charge in [0, 0.05) is 4.88 Å². The van der Waals surface area contributed by atoms with E-state index < -0.39 is 0 Å². The third kappa shape index (κ3) is 2.57.